The number of hydrogen-bond acceptors (Lipinski definition) is 1. The Morgan fingerprint density at radius 3 is 2.12 bits per heavy atom. The fourth-order valence-corrected chi connectivity index (χ4v) is 3.14. The number of hydrogen-bond donors (Lipinski definition) is 1. The molecule has 0 aromatic heterocycles. The van der Waals surface area contributed by atoms with Gasteiger partial charge in [-0.3, -0.25) is 0 Å². The lowest BCUT2D eigenvalue weighted by atomic mass is 9.78. The highest BCUT2D eigenvalue weighted by atomic mass is 79.9. The van der Waals surface area contributed by atoms with E-state index in [4.69, 9.17) is 5.73 Å². The minimum Gasteiger partial charge on any atom is -0.330 e. The fourth-order valence-electron chi connectivity index (χ4n) is 2.91. The molecule has 1 aromatic carbocycles. The molecule has 0 spiro atoms. The summed E-state index contributed by atoms with van der Waals surface area (Å²) < 4.78 is 1.24. The van der Waals surface area contributed by atoms with Crippen LogP contribution in [0.15, 0.2) is 16.6 Å². The average molecular weight is 282 g/mol. The summed E-state index contributed by atoms with van der Waals surface area (Å²) >= 11 is 3.63. The summed E-state index contributed by atoms with van der Waals surface area (Å²) in [7, 11) is 0. The van der Waals surface area contributed by atoms with Crippen LogP contribution in [0.25, 0.3) is 0 Å². The van der Waals surface area contributed by atoms with Crippen molar-refractivity contribution in [1.82, 2.24) is 0 Å². The molecule has 1 saturated carbocycles. The van der Waals surface area contributed by atoms with Gasteiger partial charge in [-0.1, -0.05) is 40.9 Å². The largest absolute Gasteiger partial charge is 0.330 e. The zero-order valence-corrected chi connectivity index (χ0v) is 11.7. The molecule has 1 aromatic rings. The first-order chi connectivity index (χ1) is 7.59. The smallest absolute Gasteiger partial charge is 0.0233 e. The van der Waals surface area contributed by atoms with E-state index in [1.54, 1.807) is 0 Å². The lowest BCUT2D eigenvalue weighted by Crippen LogP contribution is -2.32. The van der Waals surface area contributed by atoms with Gasteiger partial charge in [-0.2, -0.15) is 0 Å². The molecule has 0 unspecified atom stereocenters. The van der Waals surface area contributed by atoms with Gasteiger partial charge in [-0.15, -0.1) is 0 Å². The second-order valence-electron chi connectivity index (χ2n) is 5.12. The number of halogens is 1. The first kappa shape index (κ1) is 12.1. The SMILES string of the molecule is Cc1cc(C2(CN)CCCC2)cc(C)c1Br. The van der Waals surface area contributed by atoms with E-state index in [9.17, 15) is 0 Å². The summed E-state index contributed by atoms with van der Waals surface area (Å²) in [5.74, 6) is 0. The molecular weight excluding hydrogens is 262 g/mol. The maximum atomic E-state index is 6.03. The Morgan fingerprint density at radius 2 is 1.69 bits per heavy atom. The second kappa shape index (κ2) is 4.50. The third-order valence-electron chi connectivity index (χ3n) is 4.00. The van der Waals surface area contributed by atoms with E-state index >= 15 is 0 Å². The van der Waals surface area contributed by atoms with Gasteiger partial charge < -0.3 is 5.73 Å². The van der Waals surface area contributed by atoms with Gasteiger partial charge in [-0.05, 0) is 43.4 Å². The average Bonchev–Trinajstić information content (AvgIpc) is 2.75. The number of nitrogens with two attached hydrogens (primary N) is 1. The van der Waals surface area contributed by atoms with Crippen LogP contribution in [0.2, 0.25) is 0 Å². The monoisotopic (exact) mass is 281 g/mol. The van der Waals surface area contributed by atoms with Crippen LogP contribution in [0.1, 0.15) is 42.4 Å². The minimum atomic E-state index is 0.260. The second-order valence-corrected chi connectivity index (χ2v) is 5.91. The molecule has 2 heteroatoms. The van der Waals surface area contributed by atoms with Crippen molar-refractivity contribution in [3.05, 3.63) is 33.3 Å². The van der Waals surface area contributed by atoms with Crippen molar-refractivity contribution in [1.29, 1.82) is 0 Å². The Balaban J connectivity index is 2.47. The first-order valence-electron chi connectivity index (χ1n) is 6.06. The van der Waals surface area contributed by atoms with Crippen LogP contribution in [0.4, 0.5) is 0 Å². The highest BCUT2D eigenvalue weighted by Gasteiger charge is 2.34. The quantitative estimate of drug-likeness (QED) is 0.876. The molecule has 16 heavy (non-hydrogen) atoms. The highest BCUT2D eigenvalue weighted by molar-refractivity contribution is 9.10. The Kier molecular flexibility index (Phi) is 3.41. The van der Waals surface area contributed by atoms with Crippen LogP contribution in [-0.2, 0) is 5.41 Å². The van der Waals surface area contributed by atoms with Crippen molar-refractivity contribution < 1.29 is 0 Å². The van der Waals surface area contributed by atoms with Crippen molar-refractivity contribution in [3.63, 3.8) is 0 Å². The molecule has 1 fully saturated rings. The standard InChI is InChI=1S/C14H20BrN/c1-10-7-12(8-11(2)13(10)15)14(9-16)5-3-4-6-14/h7-8H,3-6,9,16H2,1-2H3. The fraction of sp³-hybridized carbons (Fsp3) is 0.571. The van der Waals surface area contributed by atoms with Gasteiger partial charge in [0.25, 0.3) is 0 Å². The third kappa shape index (κ3) is 1.93. The van der Waals surface area contributed by atoms with E-state index in [-0.39, 0.29) is 5.41 Å². The summed E-state index contributed by atoms with van der Waals surface area (Å²) in [5, 5.41) is 0. The molecule has 1 aliphatic carbocycles. The maximum absolute atomic E-state index is 6.03. The van der Waals surface area contributed by atoms with Crippen molar-refractivity contribution in [2.75, 3.05) is 6.54 Å². The lowest BCUT2D eigenvalue weighted by molar-refractivity contribution is 0.452. The zero-order valence-electron chi connectivity index (χ0n) is 10.1. The van der Waals surface area contributed by atoms with E-state index in [0.717, 1.165) is 6.54 Å². The van der Waals surface area contributed by atoms with Crippen molar-refractivity contribution >= 4 is 15.9 Å². The van der Waals surface area contributed by atoms with Crippen molar-refractivity contribution in [3.8, 4) is 0 Å². The Labute approximate surface area is 107 Å². The van der Waals surface area contributed by atoms with Gasteiger partial charge in [0, 0.05) is 16.4 Å². The molecule has 0 saturated heterocycles. The number of aryl methyl sites for hydroxylation is 2. The Hall–Kier alpha value is -0.340. The summed E-state index contributed by atoms with van der Waals surface area (Å²) in [4.78, 5) is 0. The minimum absolute atomic E-state index is 0.260. The molecule has 0 bridgehead atoms. The molecule has 0 atom stereocenters. The highest BCUT2D eigenvalue weighted by Crippen LogP contribution is 2.41. The summed E-state index contributed by atoms with van der Waals surface area (Å²) in [6.45, 7) is 5.12. The molecule has 0 amide bonds. The Bertz CT molecular complexity index is 369. The van der Waals surface area contributed by atoms with Gasteiger partial charge >= 0.3 is 0 Å². The van der Waals surface area contributed by atoms with Crippen LogP contribution in [0.3, 0.4) is 0 Å². The van der Waals surface area contributed by atoms with Crippen LogP contribution in [0, 0.1) is 13.8 Å². The van der Waals surface area contributed by atoms with Gasteiger partial charge in [0.05, 0.1) is 0 Å². The van der Waals surface area contributed by atoms with E-state index in [1.807, 2.05) is 0 Å². The summed E-state index contributed by atoms with van der Waals surface area (Å²) in [6, 6.07) is 4.63. The topological polar surface area (TPSA) is 26.0 Å². The van der Waals surface area contributed by atoms with Crippen molar-refractivity contribution in [2.24, 2.45) is 5.73 Å². The first-order valence-corrected chi connectivity index (χ1v) is 6.86. The molecule has 0 radical (unpaired) electrons. The zero-order chi connectivity index (χ0) is 11.8. The number of benzene rings is 1. The molecular formula is C14H20BrN. The third-order valence-corrected chi connectivity index (χ3v) is 5.25. The molecule has 2 N–H and O–H groups in total. The molecule has 1 nitrogen and oxygen atoms in total. The molecule has 2 rings (SSSR count). The summed E-state index contributed by atoms with van der Waals surface area (Å²) in [5.41, 5.74) is 10.4. The van der Waals surface area contributed by atoms with Crippen molar-refractivity contribution in [2.45, 2.75) is 44.9 Å². The normalized spacial score (nSPS) is 19.0. The molecule has 0 heterocycles. The van der Waals surface area contributed by atoms with E-state index in [0.29, 0.717) is 0 Å². The van der Waals surface area contributed by atoms with E-state index in [1.165, 1.54) is 46.8 Å². The lowest BCUT2D eigenvalue weighted by Gasteiger charge is -2.29. The van der Waals surface area contributed by atoms with Crippen LogP contribution < -0.4 is 5.73 Å². The summed E-state index contributed by atoms with van der Waals surface area (Å²) in [6.07, 6.45) is 5.16. The van der Waals surface area contributed by atoms with E-state index in [2.05, 4.69) is 41.9 Å². The van der Waals surface area contributed by atoms with Gasteiger partial charge in [0.15, 0.2) is 0 Å². The number of rotatable bonds is 2. The van der Waals surface area contributed by atoms with Gasteiger partial charge in [0.2, 0.25) is 0 Å². The van der Waals surface area contributed by atoms with Gasteiger partial charge in [0.1, 0.15) is 0 Å². The predicted octanol–water partition coefficient (Wildman–Crippen LogP) is 3.84. The van der Waals surface area contributed by atoms with Crippen LogP contribution in [0.5, 0.6) is 0 Å². The Morgan fingerprint density at radius 1 is 1.19 bits per heavy atom. The molecule has 1 aliphatic rings. The molecule has 88 valence electrons. The van der Waals surface area contributed by atoms with E-state index < -0.39 is 0 Å². The predicted molar refractivity (Wildman–Crippen MR) is 72.8 cm³/mol. The maximum Gasteiger partial charge on any atom is 0.0233 e. The van der Waals surface area contributed by atoms with Gasteiger partial charge in [-0.25, -0.2) is 0 Å². The van der Waals surface area contributed by atoms with Crippen LogP contribution in [-0.4, -0.2) is 6.54 Å². The molecule has 0 aliphatic heterocycles. The van der Waals surface area contributed by atoms with Crippen LogP contribution >= 0.6 is 15.9 Å².